The van der Waals surface area contributed by atoms with E-state index in [4.69, 9.17) is 9.47 Å². The van der Waals surface area contributed by atoms with Gasteiger partial charge in [0.05, 0.1) is 26.0 Å². The summed E-state index contributed by atoms with van der Waals surface area (Å²) in [5.74, 6) is -0.854. The monoisotopic (exact) mass is 268 g/mol. The fourth-order valence-corrected chi connectivity index (χ4v) is 1.56. The van der Waals surface area contributed by atoms with E-state index in [-0.39, 0.29) is 6.42 Å². The Labute approximate surface area is 112 Å². The molecule has 0 fully saturated rings. The fourth-order valence-electron chi connectivity index (χ4n) is 1.56. The minimum atomic E-state index is -0.710. The van der Waals surface area contributed by atoms with Gasteiger partial charge in [-0.25, -0.2) is 9.78 Å². The third-order valence-corrected chi connectivity index (χ3v) is 2.56. The number of unbranched alkanes of at least 4 members (excludes halogenated alkanes) is 1. The van der Waals surface area contributed by atoms with Crippen LogP contribution in [0.4, 0.5) is 0 Å². The summed E-state index contributed by atoms with van der Waals surface area (Å²) in [7, 11) is 0. The first-order chi connectivity index (χ1) is 9.19. The number of aromatic nitrogens is 2. The molecule has 0 aliphatic heterocycles. The van der Waals surface area contributed by atoms with Gasteiger partial charge in [0, 0.05) is 12.4 Å². The molecular formula is C13H20N2O4. The average Bonchev–Trinajstić information content (AvgIpc) is 2.90. The zero-order valence-corrected chi connectivity index (χ0v) is 11.4. The highest BCUT2D eigenvalue weighted by atomic mass is 16.5. The van der Waals surface area contributed by atoms with Crippen molar-refractivity contribution in [1.82, 2.24) is 9.55 Å². The number of hydrogen-bond acceptors (Lipinski definition) is 5. The maximum Gasteiger partial charge on any atom is 0.329 e. The van der Waals surface area contributed by atoms with Crippen molar-refractivity contribution in [1.29, 1.82) is 0 Å². The lowest BCUT2D eigenvalue weighted by molar-refractivity contribution is -0.154. The lowest BCUT2D eigenvalue weighted by atomic mass is 10.2. The quantitative estimate of drug-likeness (QED) is 0.530. The molecule has 106 valence electrons. The molecule has 0 aromatic carbocycles. The summed E-state index contributed by atoms with van der Waals surface area (Å²) in [5.41, 5.74) is 0. The maximum absolute atomic E-state index is 12.0. The van der Waals surface area contributed by atoms with E-state index in [2.05, 4.69) is 4.98 Å². The van der Waals surface area contributed by atoms with Crippen LogP contribution in [0.15, 0.2) is 18.7 Å². The normalized spacial score (nSPS) is 11.9. The second kappa shape index (κ2) is 8.29. The summed E-state index contributed by atoms with van der Waals surface area (Å²) in [4.78, 5) is 27.4. The number of esters is 2. The average molecular weight is 268 g/mol. The summed E-state index contributed by atoms with van der Waals surface area (Å²) in [6.45, 7) is 4.40. The second-order valence-corrected chi connectivity index (χ2v) is 4.06. The van der Waals surface area contributed by atoms with Crippen molar-refractivity contribution in [3.05, 3.63) is 18.7 Å². The number of carbonyl (C=O) groups is 2. The minimum absolute atomic E-state index is 0.0465. The summed E-state index contributed by atoms with van der Waals surface area (Å²) in [6.07, 6.45) is 6.38. The number of rotatable bonds is 8. The molecule has 1 heterocycles. The molecule has 0 aliphatic carbocycles. The molecule has 0 aliphatic rings. The smallest absolute Gasteiger partial charge is 0.329 e. The van der Waals surface area contributed by atoms with Crippen molar-refractivity contribution < 1.29 is 19.1 Å². The zero-order valence-electron chi connectivity index (χ0n) is 11.4. The molecule has 0 saturated carbocycles. The molecular weight excluding hydrogens is 248 g/mol. The van der Waals surface area contributed by atoms with Gasteiger partial charge in [0.1, 0.15) is 6.04 Å². The predicted octanol–water partition coefficient (Wildman–Crippen LogP) is 1.72. The van der Waals surface area contributed by atoms with Gasteiger partial charge in [0.15, 0.2) is 0 Å². The molecule has 0 amide bonds. The van der Waals surface area contributed by atoms with E-state index in [9.17, 15) is 9.59 Å². The number of ether oxygens (including phenoxy) is 2. The van der Waals surface area contributed by atoms with Crippen molar-refractivity contribution in [3.8, 4) is 0 Å². The Morgan fingerprint density at radius 1 is 1.32 bits per heavy atom. The molecule has 1 rings (SSSR count). The van der Waals surface area contributed by atoms with Crippen LogP contribution in [0, 0.1) is 0 Å². The number of carbonyl (C=O) groups excluding carboxylic acids is 2. The number of hydrogen-bond donors (Lipinski definition) is 0. The van der Waals surface area contributed by atoms with E-state index in [0.717, 1.165) is 12.8 Å². The number of imidazole rings is 1. The van der Waals surface area contributed by atoms with Gasteiger partial charge < -0.3 is 14.0 Å². The second-order valence-electron chi connectivity index (χ2n) is 4.06. The van der Waals surface area contributed by atoms with Crippen LogP contribution in [0.3, 0.4) is 0 Å². The van der Waals surface area contributed by atoms with Crippen LogP contribution in [-0.2, 0) is 19.1 Å². The molecule has 0 N–H and O–H groups in total. The highest BCUT2D eigenvalue weighted by Crippen LogP contribution is 2.14. The van der Waals surface area contributed by atoms with Crippen LogP contribution < -0.4 is 0 Å². The van der Waals surface area contributed by atoms with Crippen LogP contribution in [-0.4, -0.2) is 34.7 Å². The van der Waals surface area contributed by atoms with E-state index in [0.29, 0.717) is 13.2 Å². The fraction of sp³-hybridized carbons (Fsp3) is 0.615. The van der Waals surface area contributed by atoms with Crippen molar-refractivity contribution in [2.24, 2.45) is 0 Å². The van der Waals surface area contributed by atoms with E-state index < -0.39 is 18.0 Å². The Morgan fingerprint density at radius 3 is 2.68 bits per heavy atom. The van der Waals surface area contributed by atoms with Gasteiger partial charge in [0.25, 0.3) is 0 Å². The van der Waals surface area contributed by atoms with E-state index >= 15 is 0 Å². The van der Waals surface area contributed by atoms with Crippen LogP contribution in [0.2, 0.25) is 0 Å². The Kier molecular flexibility index (Phi) is 6.63. The minimum Gasteiger partial charge on any atom is -0.466 e. The molecule has 0 spiro atoms. The molecule has 1 aromatic heterocycles. The van der Waals surface area contributed by atoms with Gasteiger partial charge in [-0.1, -0.05) is 13.3 Å². The van der Waals surface area contributed by atoms with E-state index in [1.807, 2.05) is 6.92 Å². The van der Waals surface area contributed by atoms with Gasteiger partial charge in [0.2, 0.25) is 0 Å². The van der Waals surface area contributed by atoms with Gasteiger partial charge in [-0.2, -0.15) is 0 Å². The third kappa shape index (κ3) is 5.11. The molecule has 6 nitrogen and oxygen atoms in total. The highest BCUT2D eigenvalue weighted by molar-refractivity contribution is 5.81. The topological polar surface area (TPSA) is 70.4 Å². The first-order valence-corrected chi connectivity index (χ1v) is 6.48. The Morgan fingerprint density at radius 2 is 2.11 bits per heavy atom. The summed E-state index contributed by atoms with van der Waals surface area (Å²) >= 11 is 0. The van der Waals surface area contributed by atoms with Crippen LogP contribution >= 0.6 is 0 Å². The zero-order chi connectivity index (χ0) is 14.1. The maximum atomic E-state index is 12.0. The predicted molar refractivity (Wildman–Crippen MR) is 68.4 cm³/mol. The largest absolute Gasteiger partial charge is 0.466 e. The lowest BCUT2D eigenvalue weighted by Gasteiger charge is -2.16. The van der Waals surface area contributed by atoms with Crippen molar-refractivity contribution in [2.75, 3.05) is 13.2 Å². The lowest BCUT2D eigenvalue weighted by Crippen LogP contribution is -2.25. The van der Waals surface area contributed by atoms with Crippen molar-refractivity contribution in [2.45, 2.75) is 39.2 Å². The van der Waals surface area contributed by atoms with E-state index in [1.54, 1.807) is 23.9 Å². The van der Waals surface area contributed by atoms with Gasteiger partial charge >= 0.3 is 11.9 Å². The first kappa shape index (κ1) is 15.2. The Balaban J connectivity index is 2.64. The number of nitrogens with zero attached hydrogens (tertiary/aromatic N) is 2. The van der Waals surface area contributed by atoms with Crippen LogP contribution in [0.1, 0.15) is 39.2 Å². The molecule has 0 saturated heterocycles. The molecule has 0 radical (unpaired) electrons. The molecule has 1 atom stereocenters. The third-order valence-electron chi connectivity index (χ3n) is 2.56. The molecule has 0 unspecified atom stereocenters. The Bertz CT molecular complexity index is 389. The van der Waals surface area contributed by atoms with Gasteiger partial charge in [-0.3, -0.25) is 4.79 Å². The standard InChI is InChI=1S/C13H20N2O4/c1-3-5-8-19-13(17)11(9-12(16)18-4-2)15-7-6-14-10-15/h6-7,10-11H,3-5,8-9H2,1-2H3/t11-/m0/s1. The molecule has 0 bridgehead atoms. The van der Waals surface area contributed by atoms with Gasteiger partial charge in [-0.15, -0.1) is 0 Å². The highest BCUT2D eigenvalue weighted by Gasteiger charge is 2.25. The summed E-state index contributed by atoms with van der Waals surface area (Å²) in [6, 6.07) is -0.710. The SMILES string of the molecule is CCCCOC(=O)[C@H](CC(=O)OCC)n1ccnc1. The van der Waals surface area contributed by atoms with E-state index in [1.165, 1.54) is 6.33 Å². The molecule has 19 heavy (non-hydrogen) atoms. The molecule has 1 aromatic rings. The van der Waals surface area contributed by atoms with Crippen LogP contribution in [0.25, 0.3) is 0 Å². The summed E-state index contributed by atoms with van der Waals surface area (Å²) in [5, 5.41) is 0. The Hall–Kier alpha value is -1.85. The molecule has 6 heteroatoms. The first-order valence-electron chi connectivity index (χ1n) is 6.48. The summed E-state index contributed by atoms with van der Waals surface area (Å²) < 4.78 is 11.6. The van der Waals surface area contributed by atoms with Crippen LogP contribution in [0.5, 0.6) is 0 Å². The van der Waals surface area contributed by atoms with Crippen molar-refractivity contribution >= 4 is 11.9 Å². The van der Waals surface area contributed by atoms with Gasteiger partial charge in [-0.05, 0) is 13.3 Å². The van der Waals surface area contributed by atoms with Crippen molar-refractivity contribution in [3.63, 3.8) is 0 Å².